The summed E-state index contributed by atoms with van der Waals surface area (Å²) in [6.07, 6.45) is 1.06. The Morgan fingerprint density at radius 1 is 0.952 bits per heavy atom. The number of rotatable bonds is 15. The molecule has 1 N–H and O–H groups in total. The van der Waals surface area contributed by atoms with Crippen LogP contribution in [0.4, 0.5) is 5.69 Å². The van der Waals surface area contributed by atoms with Gasteiger partial charge in [-0.25, -0.2) is 8.42 Å². The van der Waals surface area contributed by atoms with Gasteiger partial charge in [0, 0.05) is 18.1 Å². The predicted octanol–water partition coefficient (Wildman–Crippen LogP) is 5.28. The zero-order valence-electron chi connectivity index (χ0n) is 24.4. The Hall–Kier alpha value is -3.76. The van der Waals surface area contributed by atoms with E-state index in [9.17, 15) is 18.0 Å². The van der Waals surface area contributed by atoms with E-state index < -0.39 is 28.5 Å². The summed E-state index contributed by atoms with van der Waals surface area (Å²) in [7, 11) is -2.70. The van der Waals surface area contributed by atoms with Gasteiger partial charge in [-0.05, 0) is 73.9 Å². The molecular weight excluding hydrogens is 578 g/mol. The zero-order valence-corrected chi connectivity index (χ0v) is 26.0. The van der Waals surface area contributed by atoms with Gasteiger partial charge in [0.1, 0.15) is 24.1 Å². The number of halogens is 1. The Labute approximate surface area is 253 Å². The summed E-state index contributed by atoms with van der Waals surface area (Å²) >= 11 is 6.03. The Morgan fingerprint density at radius 3 is 2.21 bits per heavy atom. The fourth-order valence-corrected chi connectivity index (χ4v) is 5.95. The molecule has 42 heavy (non-hydrogen) atoms. The second-order valence-electron chi connectivity index (χ2n) is 9.45. The summed E-state index contributed by atoms with van der Waals surface area (Å²) in [6, 6.07) is 18.7. The number of sulfonamides is 1. The highest BCUT2D eigenvalue weighted by Gasteiger charge is 2.34. The summed E-state index contributed by atoms with van der Waals surface area (Å²) in [5.41, 5.74) is 0.961. The molecule has 0 saturated heterocycles. The molecular formula is C31H38ClN3O6S. The quantitative estimate of drug-likeness (QED) is 0.250. The van der Waals surface area contributed by atoms with Gasteiger partial charge in [0.2, 0.25) is 11.8 Å². The van der Waals surface area contributed by atoms with Crippen LogP contribution < -0.4 is 19.1 Å². The Balaban J connectivity index is 2.09. The standard InChI is InChI=1S/C31H38ClN3O6S/c1-5-20-33-31(37)27(6-2)34(21-23-12-16-25(40-4)17-13-23)30(36)22-35(28-10-8-9-11-29(28)41-7-3)42(38,39)26-18-14-24(32)15-19-26/h8-19,27H,5-7,20-22H2,1-4H3,(H,33,37)/t27-/m1/s1. The van der Waals surface area contributed by atoms with Gasteiger partial charge in [-0.1, -0.05) is 49.7 Å². The Kier molecular flexibility index (Phi) is 12.1. The number of carbonyl (C=O) groups excluding carboxylic acids is 2. The maximum absolute atomic E-state index is 14.2. The third-order valence-electron chi connectivity index (χ3n) is 6.56. The van der Waals surface area contributed by atoms with Gasteiger partial charge in [-0.3, -0.25) is 13.9 Å². The van der Waals surface area contributed by atoms with Crippen molar-refractivity contribution in [3.63, 3.8) is 0 Å². The number of anilines is 1. The largest absolute Gasteiger partial charge is 0.497 e. The topological polar surface area (TPSA) is 105 Å². The SMILES string of the molecule is CCCNC(=O)[C@@H](CC)N(Cc1ccc(OC)cc1)C(=O)CN(c1ccccc1OCC)S(=O)(=O)c1ccc(Cl)cc1. The van der Waals surface area contributed by atoms with Crippen LogP contribution in [0.3, 0.4) is 0 Å². The van der Waals surface area contributed by atoms with Gasteiger partial charge >= 0.3 is 0 Å². The second-order valence-corrected chi connectivity index (χ2v) is 11.7. The van der Waals surface area contributed by atoms with Gasteiger partial charge in [0.05, 0.1) is 24.3 Å². The van der Waals surface area contributed by atoms with Crippen LogP contribution in [0.5, 0.6) is 11.5 Å². The molecule has 0 aromatic heterocycles. The molecule has 3 aromatic carbocycles. The van der Waals surface area contributed by atoms with Crippen molar-refractivity contribution in [1.29, 1.82) is 0 Å². The van der Waals surface area contributed by atoms with Crippen molar-refractivity contribution in [2.45, 2.75) is 51.1 Å². The molecule has 0 aliphatic heterocycles. The van der Waals surface area contributed by atoms with Crippen LogP contribution in [-0.4, -0.2) is 58.0 Å². The lowest BCUT2D eigenvalue weighted by Gasteiger charge is -2.33. The van der Waals surface area contributed by atoms with E-state index in [1.165, 1.54) is 29.2 Å². The number of amides is 2. The number of nitrogens with one attached hydrogen (secondary N) is 1. The fourth-order valence-electron chi connectivity index (χ4n) is 4.40. The molecule has 0 spiro atoms. The first-order valence-electron chi connectivity index (χ1n) is 13.9. The maximum Gasteiger partial charge on any atom is 0.264 e. The number of methoxy groups -OCH3 is 1. The third kappa shape index (κ3) is 8.17. The van der Waals surface area contributed by atoms with Crippen molar-refractivity contribution in [3.8, 4) is 11.5 Å². The first-order valence-corrected chi connectivity index (χ1v) is 15.7. The van der Waals surface area contributed by atoms with Crippen LogP contribution in [0, 0.1) is 0 Å². The van der Waals surface area contributed by atoms with Gasteiger partial charge in [0.25, 0.3) is 10.0 Å². The van der Waals surface area contributed by atoms with E-state index in [1.807, 2.05) is 26.0 Å². The predicted molar refractivity (Wildman–Crippen MR) is 165 cm³/mol. The first kappa shape index (κ1) is 32.8. The van der Waals surface area contributed by atoms with Crippen molar-refractivity contribution in [3.05, 3.63) is 83.4 Å². The lowest BCUT2D eigenvalue weighted by Crippen LogP contribution is -2.52. The highest BCUT2D eigenvalue weighted by molar-refractivity contribution is 7.92. The molecule has 0 aliphatic rings. The third-order valence-corrected chi connectivity index (χ3v) is 8.59. The number of ether oxygens (including phenoxy) is 2. The highest BCUT2D eigenvalue weighted by atomic mass is 35.5. The maximum atomic E-state index is 14.2. The highest BCUT2D eigenvalue weighted by Crippen LogP contribution is 2.33. The van der Waals surface area contributed by atoms with Crippen molar-refractivity contribution in [2.75, 3.05) is 31.1 Å². The molecule has 3 rings (SSSR count). The van der Waals surface area contributed by atoms with Crippen LogP contribution in [-0.2, 0) is 26.2 Å². The van der Waals surface area contributed by atoms with E-state index in [0.717, 1.165) is 16.3 Å². The summed E-state index contributed by atoms with van der Waals surface area (Å²) in [5, 5.41) is 3.25. The number of nitrogens with zero attached hydrogens (tertiary/aromatic N) is 2. The average molecular weight is 616 g/mol. The zero-order chi connectivity index (χ0) is 30.7. The van der Waals surface area contributed by atoms with Crippen LogP contribution in [0.2, 0.25) is 5.02 Å². The molecule has 1 atom stereocenters. The van der Waals surface area contributed by atoms with Crippen molar-refractivity contribution >= 4 is 39.1 Å². The second kappa shape index (κ2) is 15.5. The van der Waals surface area contributed by atoms with E-state index in [-0.39, 0.29) is 23.0 Å². The summed E-state index contributed by atoms with van der Waals surface area (Å²) in [4.78, 5) is 28.8. The smallest absolute Gasteiger partial charge is 0.264 e. The van der Waals surface area contributed by atoms with Crippen LogP contribution in [0.15, 0.2) is 77.7 Å². The summed E-state index contributed by atoms with van der Waals surface area (Å²) in [5.74, 6) is 0.105. The minimum absolute atomic E-state index is 0.0413. The van der Waals surface area contributed by atoms with E-state index in [1.54, 1.807) is 50.4 Å². The number of hydrogen-bond acceptors (Lipinski definition) is 6. The first-order chi connectivity index (χ1) is 20.2. The molecule has 11 heteroatoms. The molecule has 2 amide bonds. The van der Waals surface area contributed by atoms with Gasteiger partial charge in [-0.2, -0.15) is 0 Å². The number of benzene rings is 3. The molecule has 0 radical (unpaired) electrons. The lowest BCUT2D eigenvalue weighted by molar-refractivity contribution is -0.140. The van der Waals surface area contributed by atoms with E-state index in [4.69, 9.17) is 21.1 Å². The Morgan fingerprint density at radius 2 is 1.62 bits per heavy atom. The molecule has 9 nitrogen and oxygen atoms in total. The molecule has 0 heterocycles. The molecule has 0 saturated carbocycles. The Bertz CT molecular complexity index is 1430. The number of hydrogen-bond donors (Lipinski definition) is 1. The fraction of sp³-hybridized carbons (Fsp3) is 0.355. The van der Waals surface area contributed by atoms with Crippen molar-refractivity contribution in [1.82, 2.24) is 10.2 Å². The average Bonchev–Trinajstić information content (AvgIpc) is 2.99. The van der Waals surface area contributed by atoms with E-state index >= 15 is 0 Å². The number of carbonyl (C=O) groups is 2. The van der Waals surface area contributed by atoms with Gasteiger partial charge < -0.3 is 19.7 Å². The molecule has 226 valence electrons. The molecule has 0 bridgehead atoms. The van der Waals surface area contributed by atoms with Crippen LogP contribution >= 0.6 is 11.6 Å². The lowest BCUT2D eigenvalue weighted by atomic mass is 10.1. The molecule has 0 unspecified atom stereocenters. The van der Waals surface area contributed by atoms with E-state index in [0.29, 0.717) is 36.1 Å². The van der Waals surface area contributed by atoms with Gasteiger partial charge in [-0.15, -0.1) is 0 Å². The number of para-hydroxylation sites is 2. The summed E-state index contributed by atoms with van der Waals surface area (Å²) < 4.78 is 40.2. The van der Waals surface area contributed by atoms with Crippen molar-refractivity contribution in [2.24, 2.45) is 0 Å². The molecule has 0 fully saturated rings. The summed E-state index contributed by atoms with van der Waals surface area (Å²) in [6.45, 7) is 5.81. The van der Waals surface area contributed by atoms with Crippen LogP contribution in [0.1, 0.15) is 39.2 Å². The van der Waals surface area contributed by atoms with E-state index in [2.05, 4.69) is 5.32 Å². The minimum Gasteiger partial charge on any atom is -0.497 e. The van der Waals surface area contributed by atoms with Crippen molar-refractivity contribution < 1.29 is 27.5 Å². The monoisotopic (exact) mass is 615 g/mol. The molecule has 0 aliphatic carbocycles. The van der Waals surface area contributed by atoms with Crippen LogP contribution in [0.25, 0.3) is 0 Å². The minimum atomic E-state index is -4.26. The van der Waals surface area contributed by atoms with Gasteiger partial charge in [0.15, 0.2) is 0 Å². The molecule has 3 aromatic rings. The normalized spacial score (nSPS) is 11.8.